The monoisotopic (exact) mass is 334 g/mol. The largest absolute Gasteiger partial charge is 0.358 e. The summed E-state index contributed by atoms with van der Waals surface area (Å²) < 4.78 is 12.9. The van der Waals surface area contributed by atoms with Gasteiger partial charge in [0.15, 0.2) is 10.8 Å². The fraction of sp³-hybridized carbons (Fsp3) is 0.312. The Hall–Kier alpha value is -2.28. The Balaban J connectivity index is 1.66. The molecular formula is C16H15FN2O3S. The van der Waals surface area contributed by atoms with Crippen molar-refractivity contribution in [1.82, 2.24) is 0 Å². The molecule has 0 aliphatic carbocycles. The lowest BCUT2D eigenvalue weighted by Crippen LogP contribution is -2.36. The van der Waals surface area contributed by atoms with Crippen molar-refractivity contribution < 1.29 is 14.1 Å². The molecule has 3 rings (SSSR count). The minimum absolute atomic E-state index is 0.0188. The maximum absolute atomic E-state index is 12.9. The molecule has 0 saturated carbocycles. The van der Waals surface area contributed by atoms with Crippen molar-refractivity contribution in [1.29, 1.82) is 0 Å². The number of Topliss-reactive ketones (excluding diaryl/α,β-unsaturated/α-hetero) is 1. The van der Waals surface area contributed by atoms with Crippen molar-refractivity contribution in [2.45, 2.75) is 12.8 Å². The number of anilines is 1. The highest BCUT2D eigenvalue weighted by Crippen LogP contribution is 2.36. The molecule has 23 heavy (non-hydrogen) atoms. The number of hydrogen-bond acceptors (Lipinski definition) is 5. The fourth-order valence-corrected chi connectivity index (χ4v) is 3.79. The molecule has 2 aromatic rings. The van der Waals surface area contributed by atoms with Crippen LogP contribution >= 0.6 is 11.3 Å². The van der Waals surface area contributed by atoms with Crippen LogP contribution in [0.2, 0.25) is 0 Å². The van der Waals surface area contributed by atoms with Crippen molar-refractivity contribution in [2.75, 3.05) is 18.0 Å². The number of hydrogen-bond donors (Lipinski definition) is 0. The molecule has 0 amide bonds. The van der Waals surface area contributed by atoms with Crippen LogP contribution in [0.15, 0.2) is 35.7 Å². The van der Waals surface area contributed by atoms with Crippen LogP contribution in [-0.4, -0.2) is 23.8 Å². The lowest BCUT2D eigenvalue weighted by Gasteiger charge is -2.31. The number of benzene rings is 1. The van der Waals surface area contributed by atoms with Gasteiger partial charge in [-0.25, -0.2) is 4.39 Å². The van der Waals surface area contributed by atoms with E-state index in [9.17, 15) is 19.3 Å². The standard InChI is InChI=1S/C16H15FN2O3S/c17-13-3-1-11(2-4-13)15(20)12-5-8-18(9-6-12)16-14(19(21)22)7-10-23-16/h1-4,7,10,12H,5-6,8-9H2. The smallest absolute Gasteiger partial charge is 0.303 e. The summed E-state index contributed by atoms with van der Waals surface area (Å²) in [6.45, 7) is 1.22. The van der Waals surface area contributed by atoms with Crippen LogP contribution in [0, 0.1) is 21.8 Å². The molecule has 0 bridgehead atoms. The number of ketones is 1. The number of piperidine rings is 1. The second-order valence-corrected chi connectivity index (χ2v) is 6.40. The molecule has 1 aromatic heterocycles. The van der Waals surface area contributed by atoms with Crippen LogP contribution in [0.5, 0.6) is 0 Å². The molecule has 1 aliphatic rings. The lowest BCUT2D eigenvalue weighted by atomic mass is 9.89. The molecule has 1 aromatic carbocycles. The van der Waals surface area contributed by atoms with Gasteiger partial charge in [0.05, 0.1) is 4.92 Å². The van der Waals surface area contributed by atoms with Gasteiger partial charge in [0.25, 0.3) is 0 Å². The number of carbonyl (C=O) groups is 1. The molecule has 2 heterocycles. The Morgan fingerprint density at radius 1 is 1.22 bits per heavy atom. The fourth-order valence-electron chi connectivity index (χ4n) is 2.86. The summed E-state index contributed by atoms with van der Waals surface area (Å²) >= 11 is 1.35. The van der Waals surface area contributed by atoms with Crippen LogP contribution in [0.1, 0.15) is 23.2 Å². The van der Waals surface area contributed by atoms with Gasteiger partial charge in [0.1, 0.15) is 5.82 Å². The normalized spacial score (nSPS) is 15.6. The number of halogens is 1. The number of thiophene rings is 1. The summed E-state index contributed by atoms with van der Waals surface area (Å²) in [6, 6.07) is 7.10. The van der Waals surface area contributed by atoms with E-state index >= 15 is 0 Å². The van der Waals surface area contributed by atoms with E-state index in [-0.39, 0.29) is 28.1 Å². The van der Waals surface area contributed by atoms with Gasteiger partial charge >= 0.3 is 5.69 Å². The van der Waals surface area contributed by atoms with Crippen LogP contribution in [0.4, 0.5) is 15.1 Å². The zero-order valence-electron chi connectivity index (χ0n) is 12.3. The third kappa shape index (κ3) is 3.24. The summed E-state index contributed by atoms with van der Waals surface area (Å²) in [4.78, 5) is 25.0. The van der Waals surface area contributed by atoms with Crippen molar-refractivity contribution >= 4 is 27.8 Å². The van der Waals surface area contributed by atoms with Crippen LogP contribution in [0.25, 0.3) is 0 Å². The first-order valence-corrected chi connectivity index (χ1v) is 8.21. The van der Waals surface area contributed by atoms with E-state index < -0.39 is 0 Å². The number of nitro groups is 1. The van der Waals surface area contributed by atoms with Gasteiger partial charge in [-0.2, -0.15) is 0 Å². The molecule has 0 radical (unpaired) electrons. The molecular weight excluding hydrogens is 319 g/mol. The van der Waals surface area contributed by atoms with E-state index in [1.165, 1.54) is 41.7 Å². The minimum atomic E-state index is -0.373. The van der Waals surface area contributed by atoms with E-state index in [4.69, 9.17) is 0 Å². The van der Waals surface area contributed by atoms with Gasteiger partial charge in [-0.1, -0.05) is 0 Å². The summed E-state index contributed by atoms with van der Waals surface area (Å²) in [5, 5.41) is 13.4. The molecule has 1 saturated heterocycles. The highest BCUT2D eigenvalue weighted by Gasteiger charge is 2.29. The Morgan fingerprint density at radius 2 is 1.87 bits per heavy atom. The highest BCUT2D eigenvalue weighted by molar-refractivity contribution is 7.14. The second kappa shape index (κ2) is 6.45. The first-order chi connectivity index (χ1) is 11.1. The third-order valence-corrected chi connectivity index (χ3v) is 5.07. The molecule has 0 unspecified atom stereocenters. The van der Waals surface area contributed by atoms with Gasteiger partial charge in [-0.05, 0) is 42.5 Å². The first-order valence-electron chi connectivity index (χ1n) is 7.33. The van der Waals surface area contributed by atoms with Gasteiger partial charge in [0, 0.05) is 30.6 Å². The molecule has 0 atom stereocenters. The summed E-state index contributed by atoms with van der Waals surface area (Å²) in [7, 11) is 0. The molecule has 1 fully saturated rings. The number of nitrogens with zero attached hydrogens (tertiary/aromatic N) is 2. The molecule has 0 N–H and O–H groups in total. The summed E-state index contributed by atoms with van der Waals surface area (Å²) in [5.74, 6) is -0.456. The van der Waals surface area contributed by atoms with Gasteiger partial charge < -0.3 is 4.90 Å². The van der Waals surface area contributed by atoms with E-state index in [0.29, 0.717) is 36.5 Å². The van der Waals surface area contributed by atoms with E-state index in [0.717, 1.165) is 0 Å². The zero-order valence-corrected chi connectivity index (χ0v) is 13.1. The minimum Gasteiger partial charge on any atom is -0.358 e. The van der Waals surface area contributed by atoms with Crippen molar-refractivity contribution in [3.63, 3.8) is 0 Å². The Kier molecular flexibility index (Phi) is 4.38. The molecule has 120 valence electrons. The summed E-state index contributed by atoms with van der Waals surface area (Å²) in [5.41, 5.74) is 0.644. The van der Waals surface area contributed by atoms with Crippen LogP contribution in [-0.2, 0) is 0 Å². The quantitative estimate of drug-likeness (QED) is 0.483. The average Bonchev–Trinajstić information content (AvgIpc) is 3.05. The maximum atomic E-state index is 12.9. The number of carbonyl (C=O) groups excluding carboxylic acids is 1. The SMILES string of the molecule is O=C(c1ccc(F)cc1)C1CCN(c2sccc2[N+](=O)[O-])CC1. The van der Waals surface area contributed by atoms with Gasteiger partial charge in [0.2, 0.25) is 0 Å². The number of rotatable bonds is 4. The third-order valence-electron chi connectivity index (χ3n) is 4.10. The second-order valence-electron chi connectivity index (χ2n) is 5.50. The van der Waals surface area contributed by atoms with Crippen molar-refractivity contribution in [3.05, 3.63) is 57.2 Å². The predicted octanol–water partition coefficient (Wildman–Crippen LogP) is 3.89. The highest BCUT2D eigenvalue weighted by atomic mass is 32.1. The van der Waals surface area contributed by atoms with Crippen LogP contribution < -0.4 is 4.90 Å². The van der Waals surface area contributed by atoms with E-state index in [1.54, 1.807) is 5.38 Å². The van der Waals surface area contributed by atoms with Gasteiger partial charge in [-0.3, -0.25) is 14.9 Å². The summed E-state index contributed by atoms with van der Waals surface area (Å²) in [6.07, 6.45) is 1.29. The maximum Gasteiger partial charge on any atom is 0.303 e. The Labute approximate surface area is 136 Å². The first kappa shape index (κ1) is 15.6. The molecule has 7 heteroatoms. The molecule has 1 aliphatic heterocycles. The topological polar surface area (TPSA) is 63.5 Å². The molecule has 5 nitrogen and oxygen atoms in total. The Bertz CT molecular complexity index is 721. The van der Waals surface area contributed by atoms with Crippen molar-refractivity contribution in [3.8, 4) is 0 Å². The van der Waals surface area contributed by atoms with E-state index in [2.05, 4.69) is 0 Å². The average molecular weight is 334 g/mol. The molecule has 0 spiro atoms. The zero-order chi connectivity index (χ0) is 16.4. The van der Waals surface area contributed by atoms with Gasteiger partial charge in [-0.15, -0.1) is 11.3 Å². The predicted molar refractivity (Wildman–Crippen MR) is 86.6 cm³/mol. The Morgan fingerprint density at radius 3 is 2.48 bits per heavy atom. The lowest BCUT2D eigenvalue weighted by molar-refractivity contribution is -0.383. The van der Waals surface area contributed by atoms with Crippen molar-refractivity contribution in [2.24, 2.45) is 5.92 Å². The van der Waals surface area contributed by atoms with Crippen LogP contribution in [0.3, 0.4) is 0 Å². The van der Waals surface area contributed by atoms with E-state index in [1.807, 2.05) is 4.90 Å².